The van der Waals surface area contributed by atoms with Gasteiger partial charge in [-0.2, -0.15) is 0 Å². The highest BCUT2D eigenvalue weighted by atomic mass is 16.1. The van der Waals surface area contributed by atoms with Crippen molar-refractivity contribution < 1.29 is 9.36 Å². The van der Waals surface area contributed by atoms with Gasteiger partial charge in [0.15, 0.2) is 18.9 Å². The molecule has 2 aromatic rings. The zero-order valence-electron chi connectivity index (χ0n) is 11.9. The summed E-state index contributed by atoms with van der Waals surface area (Å²) in [6.07, 6.45) is 5.41. The molecule has 20 heavy (non-hydrogen) atoms. The predicted molar refractivity (Wildman–Crippen MR) is 79.1 cm³/mol. The number of nitrogens with zero attached hydrogens (tertiary/aromatic N) is 1. The lowest BCUT2D eigenvalue weighted by Gasteiger charge is -2.04. The molecule has 1 heterocycles. The van der Waals surface area contributed by atoms with Gasteiger partial charge in [-0.05, 0) is 24.5 Å². The van der Waals surface area contributed by atoms with Gasteiger partial charge in [0.1, 0.15) is 0 Å². The summed E-state index contributed by atoms with van der Waals surface area (Å²) < 4.78 is 2.03. The topological polar surface area (TPSA) is 33.0 Å². The van der Waals surface area contributed by atoms with Crippen LogP contribution in [0.4, 0.5) is 0 Å². The van der Waals surface area contributed by atoms with Crippen molar-refractivity contribution in [2.75, 3.05) is 6.54 Å². The second kappa shape index (κ2) is 7.43. The van der Waals surface area contributed by atoms with Gasteiger partial charge in [0.05, 0.1) is 6.42 Å². The Morgan fingerprint density at radius 2 is 1.80 bits per heavy atom. The molecule has 0 fully saturated rings. The van der Waals surface area contributed by atoms with Crippen LogP contribution in [0.5, 0.6) is 0 Å². The van der Waals surface area contributed by atoms with E-state index in [0.717, 1.165) is 13.0 Å². The van der Waals surface area contributed by atoms with Crippen molar-refractivity contribution in [3.63, 3.8) is 0 Å². The number of rotatable bonds is 6. The van der Waals surface area contributed by atoms with Gasteiger partial charge in [0.2, 0.25) is 5.91 Å². The number of amides is 1. The maximum absolute atomic E-state index is 11.7. The van der Waals surface area contributed by atoms with Crippen molar-refractivity contribution in [3.8, 4) is 0 Å². The van der Waals surface area contributed by atoms with Gasteiger partial charge in [-0.3, -0.25) is 4.79 Å². The maximum Gasteiger partial charge on any atom is 0.226 e. The molecule has 0 saturated carbocycles. The number of hydrogen-bond acceptors (Lipinski definition) is 1. The van der Waals surface area contributed by atoms with E-state index in [0.29, 0.717) is 13.0 Å². The highest BCUT2D eigenvalue weighted by Crippen LogP contribution is 1.98. The van der Waals surface area contributed by atoms with Crippen molar-refractivity contribution in [2.24, 2.45) is 0 Å². The molecule has 104 valence electrons. The lowest BCUT2D eigenvalue weighted by Crippen LogP contribution is -2.36. The summed E-state index contributed by atoms with van der Waals surface area (Å²) in [6.45, 7) is 3.47. The Kier molecular flexibility index (Phi) is 5.30. The first kappa shape index (κ1) is 14.3. The molecule has 2 rings (SSSR count). The van der Waals surface area contributed by atoms with Gasteiger partial charge in [-0.25, -0.2) is 4.57 Å². The molecule has 0 unspecified atom stereocenters. The lowest BCUT2D eigenvalue weighted by molar-refractivity contribution is -0.695. The summed E-state index contributed by atoms with van der Waals surface area (Å²) >= 11 is 0. The molecule has 0 aliphatic rings. The Hall–Kier alpha value is -2.16. The Morgan fingerprint density at radius 1 is 1.10 bits per heavy atom. The molecule has 3 heteroatoms. The second-order valence-corrected chi connectivity index (χ2v) is 4.95. The van der Waals surface area contributed by atoms with Crippen LogP contribution in [0.2, 0.25) is 0 Å². The number of benzene rings is 1. The van der Waals surface area contributed by atoms with E-state index in [1.165, 1.54) is 11.1 Å². The summed E-state index contributed by atoms with van der Waals surface area (Å²) in [5.41, 5.74) is 2.48. The van der Waals surface area contributed by atoms with Crippen LogP contribution in [0.25, 0.3) is 0 Å². The molecule has 3 nitrogen and oxygen atoms in total. The zero-order chi connectivity index (χ0) is 14.2. The SMILES string of the molecule is Cc1cc[n+](CCC(=O)NCCc2ccccc2)cc1. The molecule has 0 atom stereocenters. The molecule has 0 saturated heterocycles. The number of nitrogens with one attached hydrogen (secondary N) is 1. The summed E-state index contributed by atoms with van der Waals surface area (Å²) in [6, 6.07) is 14.3. The average Bonchev–Trinajstić information content (AvgIpc) is 2.48. The van der Waals surface area contributed by atoms with Crippen molar-refractivity contribution in [1.82, 2.24) is 5.32 Å². The number of pyridine rings is 1. The first-order chi connectivity index (χ1) is 9.74. The summed E-state index contributed by atoms with van der Waals surface area (Å²) in [5, 5.41) is 2.96. The standard InChI is InChI=1S/C17H20N2O/c1-15-8-12-19(13-9-15)14-10-17(20)18-11-7-16-5-3-2-4-6-16/h2-6,8-9,12-13H,7,10-11,14H2,1H3/p+1. The van der Waals surface area contributed by atoms with E-state index in [1.807, 2.05) is 47.3 Å². The summed E-state index contributed by atoms with van der Waals surface area (Å²) in [5.74, 6) is 0.106. The molecule has 1 aromatic carbocycles. The van der Waals surface area contributed by atoms with Crippen LogP contribution in [0.15, 0.2) is 54.9 Å². The lowest BCUT2D eigenvalue weighted by atomic mass is 10.1. The Labute approximate surface area is 120 Å². The summed E-state index contributed by atoms with van der Waals surface area (Å²) in [4.78, 5) is 11.7. The fourth-order valence-electron chi connectivity index (χ4n) is 1.99. The van der Waals surface area contributed by atoms with Gasteiger partial charge in [0.25, 0.3) is 0 Å². The third-order valence-electron chi connectivity index (χ3n) is 3.23. The van der Waals surface area contributed by atoms with E-state index in [1.54, 1.807) is 0 Å². The minimum atomic E-state index is 0.106. The monoisotopic (exact) mass is 269 g/mol. The Balaban J connectivity index is 1.67. The first-order valence-corrected chi connectivity index (χ1v) is 7.00. The van der Waals surface area contributed by atoms with Crippen molar-refractivity contribution >= 4 is 5.91 Å². The molecule has 1 amide bonds. The van der Waals surface area contributed by atoms with Gasteiger partial charge < -0.3 is 5.32 Å². The Morgan fingerprint density at radius 3 is 2.50 bits per heavy atom. The van der Waals surface area contributed by atoms with Gasteiger partial charge in [-0.15, -0.1) is 0 Å². The van der Waals surface area contributed by atoms with Crippen LogP contribution in [0.1, 0.15) is 17.5 Å². The van der Waals surface area contributed by atoms with E-state index in [-0.39, 0.29) is 5.91 Å². The smallest absolute Gasteiger partial charge is 0.226 e. The van der Waals surface area contributed by atoms with Crippen LogP contribution in [-0.2, 0) is 17.8 Å². The first-order valence-electron chi connectivity index (χ1n) is 7.00. The molecule has 1 N–H and O–H groups in total. The molecule has 0 aliphatic heterocycles. The largest absolute Gasteiger partial charge is 0.356 e. The molecule has 0 spiro atoms. The molecule has 0 aliphatic carbocycles. The number of carbonyl (C=O) groups is 1. The molecular weight excluding hydrogens is 248 g/mol. The second-order valence-electron chi connectivity index (χ2n) is 4.95. The van der Waals surface area contributed by atoms with Crippen LogP contribution in [0, 0.1) is 6.92 Å². The molecule has 0 radical (unpaired) electrons. The van der Waals surface area contributed by atoms with Gasteiger partial charge in [0, 0.05) is 18.7 Å². The predicted octanol–water partition coefficient (Wildman–Crippen LogP) is 2.03. The molecule has 1 aromatic heterocycles. The Bertz CT molecular complexity index is 535. The quantitative estimate of drug-likeness (QED) is 0.800. The maximum atomic E-state index is 11.7. The van der Waals surface area contributed by atoms with Crippen molar-refractivity contribution in [3.05, 3.63) is 66.0 Å². The van der Waals surface area contributed by atoms with Crippen LogP contribution in [0.3, 0.4) is 0 Å². The number of carbonyl (C=O) groups excluding carboxylic acids is 1. The number of aromatic nitrogens is 1. The normalized spacial score (nSPS) is 10.2. The molecule has 0 bridgehead atoms. The van der Waals surface area contributed by atoms with Crippen molar-refractivity contribution in [1.29, 1.82) is 0 Å². The number of aryl methyl sites for hydroxylation is 2. The summed E-state index contributed by atoms with van der Waals surface area (Å²) in [7, 11) is 0. The van der Waals surface area contributed by atoms with Gasteiger partial charge in [-0.1, -0.05) is 30.3 Å². The van der Waals surface area contributed by atoms with E-state index >= 15 is 0 Å². The third-order valence-corrected chi connectivity index (χ3v) is 3.23. The highest BCUT2D eigenvalue weighted by molar-refractivity contribution is 5.75. The van der Waals surface area contributed by atoms with E-state index in [4.69, 9.17) is 0 Å². The fourth-order valence-corrected chi connectivity index (χ4v) is 1.99. The fraction of sp³-hybridized carbons (Fsp3) is 0.294. The van der Waals surface area contributed by atoms with Crippen LogP contribution in [-0.4, -0.2) is 12.5 Å². The van der Waals surface area contributed by atoms with Crippen molar-refractivity contribution in [2.45, 2.75) is 26.3 Å². The van der Waals surface area contributed by atoms with Crippen LogP contribution >= 0.6 is 0 Å². The third kappa shape index (κ3) is 4.84. The highest BCUT2D eigenvalue weighted by Gasteiger charge is 2.05. The van der Waals surface area contributed by atoms with E-state index in [9.17, 15) is 4.79 Å². The van der Waals surface area contributed by atoms with E-state index < -0.39 is 0 Å². The van der Waals surface area contributed by atoms with Gasteiger partial charge >= 0.3 is 0 Å². The minimum absolute atomic E-state index is 0.106. The van der Waals surface area contributed by atoms with Crippen LogP contribution < -0.4 is 9.88 Å². The number of hydrogen-bond donors (Lipinski definition) is 1. The minimum Gasteiger partial charge on any atom is -0.356 e. The van der Waals surface area contributed by atoms with E-state index in [2.05, 4.69) is 24.4 Å². The zero-order valence-corrected chi connectivity index (χ0v) is 11.9. The average molecular weight is 269 g/mol. The molecular formula is C17H21N2O+.